The van der Waals surface area contributed by atoms with Gasteiger partial charge in [-0.3, -0.25) is 5.10 Å². The summed E-state index contributed by atoms with van der Waals surface area (Å²) in [7, 11) is 0. The SMILES string of the molecule is Clc1nc(OCc2ccc3c(c2)OCO3)c2cn[nH]c2n1. The molecule has 0 spiro atoms. The molecule has 4 rings (SSSR count). The van der Waals surface area contributed by atoms with Gasteiger partial charge in [0, 0.05) is 0 Å². The van der Waals surface area contributed by atoms with E-state index in [0.717, 1.165) is 11.3 Å². The minimum atomic E-state index is 0.104. The van der Waals surface area contributed by atoms with Gasteiger partial charge in [0.05, 0.1) is 6.20 Å². The third-order valence-electron chi connectivity index (χ3n) is 3.06. The summed E-state index contributed by atoms with van der Waals surface area (Å²) in [6, 6.07) is 5.63. The molecule has 1 aromatic carbocycles. The Morgan fingerprint density at radius 3 is 3.10 bits per heavy atom. The fraction of sp³-hybridized carbons (Fsp3) is 0.154. The zero-order valence-corrected chi connectivity index (χ0v) is 11.4. The highest BCUT2D eigenvalue weighted by Crippen LogP contribution is 2.33. The summed E-state index contributed by atoms with van der Waals surface area (Å²) in [6.07, 6.45) is 1.60. The van der Waals surface area contributed by atoms with Crippen LogP contribution in [-0.2, 0) is 6.61 Å². The molecule has 2 aromatic heterocycles. The van der Waals surface area contributed by atoms with Gasteiger partial charge in [-0.15, -0.1) is 0 Å². The fourth-order valence-corrected chi connectivity index (χ4v) is 2.24. The van der Waals surface area contributed by atoms with Crippen LogP contribution in [0.15, 0.2) is 24.4 Å². The van der Waals surface area contributed by atoms with Crippen LogP contribution in [0.4, 0.5) is 0 Å². The number of hydrogen-bond acceptors (Lipinski definition) is 6. The number of ether oxygens (including phenoxy) is 3. The topological polar surface area (TPSA) is 82.1 Å². The Hall–Kier alpha value is -2.54. The summed E-state index contributed by atoms with van der Waals surface area (Å²) < 4.78 is 16.3. The van der Waals surface area contributed by atoms with Crippen LogP contribution < -0.4 is 14.2 Å². The number of fused-ring (bicyclic) bond motifs is 2. The maximum atomic E-state index is 5.85. The van der Waals surface area contributed by atoms with Gasteiger partial charge in [0.25, 0.3) is 0 Å². The standard InChI is InChI=1S/C13H9ClN4O3/c14-13-16-11-8(4-15-18-11)12(17-13)19-5-7-1-2-9-10(3-7)21-6-20-9/h1-4H,5-6H2,(H,15,16,17,18). The van der Waals surface area contributed by atoms with Gasteiger partial charge in [0.1, 0.15) is 12.0 Å². The number of benzene rings is 1. The third kappa shape index (κ3) is 2.21. The van der Waals surface area contributed by atoms with Crippen LogP contribution in [0.3, 0.4) is 0 Å². The summed E-state index contributed by atoms with van der Waals surface area (Å²) in [4.78, 5) is 8.10. The molecule has 3 aromatic rings. The van der Waals surface area contributed by atoms with Gasteiger partial charge in [-0.05, 0) is 29.3 Å². The van der Waals surface area contributed by atoms with Gasteiger partial charge in [-0.1, -0.05) is 6.07 Å². The van der Waals surface area contributed by atoms with Crippen molar-refractivity contribution in [2.45, 2.75) is 6.61 Å². The molecule has 8 heteroatoms. The van der Waals surface area contributed by atoms with Gasteiger partial charge in [0.15, 0.2) is 17.1 Å². The molecule has 21 heavy (non-hydrogen) atoms. The van der Waals surface area contributed by atoms with Crippen molar-refractivity contribution in [1.29, 1.82) is 0 Å². The van der Waals surface area contributed by atoms with Crippen LogP contribution in [-0.4, -0.2) is 27.0 Å². The minimum Gasteiger partial charge on any atom is -0.472 e. The summed E-state index contributed by atoms with van der Waals surface area (Å²) in [5.41, 5.74) is 1.47. The highest BCUT2D eigenvalue weighted by Gasteiger charge is 2.14. The monoisotopic (exact) mass is 304 g/mol. The Bertz CT molecular complexity index is 820. The summed E-state index contributed by atoms with van der Waals surface area (Å²) in [5, 5.41) is 7.42. The number of aromatic nitrogens is 4. The zero-order chi connectivity index (χ0) is 14.2. The molecule has 0 atom stereocenters. The van der Waals surface area contributed by atoms with Crippen molar-refractivity contribution in [2.24, 2.45) is 0 Å². The molecular formula is C13H9ClN4O3. The first-order chi connectivity index (χ1) is 10.3. The molecular weight excluding hydrogens is 296 g/mol. The van der Waals surface area contributed by atoms with Gasteiger partial charge < -0.3 is 14.2 Å². The van der Waals surface area contributed by atoms with Gasteiger partial charge in [-0.2, -0.15) is 15.1 Å². The highest BCUT2D eigenvalue weighted by atomic mass is 35.5. The highest BCUT2D eigenvalue weighted by molar-refractivity contribution is 6.28. The fourth-order valence-electron chi connectivity index (χ4n) is 2.07. The quantitative estimate of drug-likeness (QED) is 0.748. The third-order valence-corrected chi connectivity index (χ3v) is 3.23. The lowest BCUT2D eigenvalue weighted by molar-refractivity contribution is 0.174. The molecule has 7 nitrogen and oxygen atoms in total. The van der Waals surface area contributed by atoms with E-state index in [1.54, 1.807) is 6.20 Å². The van der Waals surface area contributed by atoms with E-state index in [2.05, 4.69) is 20.2 Å². The molecule has 0 radical (unpaired) electrons. The average molecular weight is 305 g/mol. The molecule has 1 aliphatic heterocycles. The van der Waals surface area contributed by atoms with Crippen LogP contribution in [0.25, 0.3) is 11.0 Å². The van der Waals surface area contributed by atoms with E-state index in [0.29, 0.717) is 29.3 Å². The van der Waals surface area contributed by atoms with Crippen molar-refractivity contribution in [3.63, 3.8) is 0 Å². The zero-order valence-electron chi connectivity index (χ0n) is 10.7. The number of halogens is 1. The normalized spacial score (nSPS) is 12.8. The number of nitrogens with zero attached hydrogens (tertiary/aromatic N) is 3. The molecule has 0 unspecified atom stereocenters. The van der Waals surface area contributed by atoms with E-state index in [-0.39, 0.29) is 12.1 Å². The molecule has 0 fully saturated rings. The first-order valence-corrected chi connectivity index (χ1v) is 6.55. The van der Waals surface area contributed by atoms with E-state index >= 15 is 0 Å². The van der Waals surface area contributed by atoms with Crippen LogP contribution in [0.1, 0.15) is 5.56 Å². The molecule has 1 aliphatic rings. The van der Waals surface area contributed by atoms with Crippen LogP contribution in [0.5, 0.6) is 17.4 Å². The predicted molar refractivity (Wildman–Crippen MR) is 73.6 cm³/mol. The molecule has 106 valence electrons. The van der Waals surface area contributed by atoms with Gasteiger partial charge >= 0.3 is 0 Å². The molecule has 0 bridgehead atoms. The Kier molecular flexibility index (Phi) is 2.78. The van der Waals surface area contributed by atoms with Crippen molar-refractivity contribution in [3.8, 4) is 17.4 Å². The second-order valence-electron chi connectivity index (χ2n) is 4.41. The van der Waals surface area contributed by atoms with Gasteiger partial charge in [0.2, 0.25) is 18.0 Å². The maximum Gasteiger partial charge on any atom is 0.231 e. The summed E-state index contributed by atoms with van der Waals surface area (Å²) in [5.74, 6) is 1.84. The second kappa shape index (κ2) is 4.78. The lowest BCUT2D eigenvalue weighted by Crippen LogP contribution is -1.99. The number of rotatable bonds is 3. The number of aromatic amines is 1. The average Bonchev–Trinajstić information content (AvgIpc) is 3.12. The maximum absolute atomic E-state index is 5.85. The smallest absolute Gasteiger partial charge is 0.231 e. The lowest BCUT2D eigenvalue weighted by atomic mass is 10.2. The lowest BCUT2D eigenvalue weighted by Gasteiger charge is -2.07. The molecule has 0 amide bonds. The Morgan fingerprint density at radius 1 is 1.24 bits per heavy atom. The summed E-state index contributed by atoms with van der Waals surface area (Å²) >= 11 is 5.85. The van der Waals surface area contributed by atoms with Crippen molar-refractivity contribution in [2.75, 3.05) is 6.79 Å². The molecule has 0 saturated heterocycles. The second-order valence-corrected chi connectivity index (χ2v) is 4.74. The number of hydrogen-bond donors (Lipinski definition) is 1. The first-order valence-electron chi connectivity index (χ1n) is 6.17. The van der Waals surface area contributed by atoms with E-state index in [9.17, 15) is 0 Å². The predicted octanol–water partition coefficient (Wildman–Crippen LogP) is 2.31. The Morgan fingerprint density at radius 2 is 2.14 bits per heavy atom. The van der Waals surface area contributed by atoms with E-state index in [1.807, 2.05) is 18.2 Å². The van der Waals surface area contributed by atoms with Crippen LogP contribution in [0, 0.1) is 0 Å². The van der Waals surface area contributed by atoms with E-state index in [4.69, 9.17) is 25.8 Å². The van der Waals surface area contributed by atoms with Crippen molar-refractivity contribution in [1.82, 2.24) is 20.2 Å². The van der Waals surface area contributed by atoms with E-state index in [1.165, 1.54) is 0 Å². The largest absolute Gasteiger partial charge is 0.472 e. The molecule has 0 saturated carbocycles. The van der Waals surface area contributed by atoms with Crippen molar-refractivity contribution >= 4 is 22.6 Å². The van der Waals surface area contributed by atoms with Crippen molar-refractivity contribution < 1.29 is 14.2 Å². The summed E-state index contributed by atoms with van der Waals surface area (Å²) in [6.45, 7) is 0.571. The molecule has 3 heterocycles. The number of nitrogens with one attached hydrogen (secondary N) is 1. The van der Waals surface area contributed by atoms with E-state index < -0.39 is 0 Å². The first kappa shape index (κ1) is 12.2. The Balaban J connectivity index is 1.59. The molecule has 1 N–H and O–H groups in total. The number of H-pyrrole nitrogens is 1. The van der Waals surface area contributed by atoms with Crippen LogP contribution >= 0.6 is 11.6 Å². The minimum absolute atomic E-state index is 0.104. The Labute approximate surface area is 123 Å². The molecule has 0 aliphatic carbocycles. The van der Waals surface area contributed by atoms with Crippen molar-refractivity contribution in [3.05, 3.63) is 35.2 Å². The van der Waals surface area contributed by atoms with Gasteiger partial charge in [-0.25, -0.2) is 0 Å². The van der Waals surface area contributed by atoms with Crippen LogP contribution in [0.2, 0.25) is 5.28 Å².